The van der Waals surface area contributed by atoms with Gasteiger partial charge in [-0.2, -0.15) is 10.2 Å². The molecule has 0 atom stereocenters. The van der Waals surface area contributed by atoms with Gasteiger partial charge in [0.05, 0.1) is 6.54 Å². The van der Waals surface area contributed by atoms with E-state index in [4.69, 9.17) is 6.42 Å². The van der Waals surface area contributed by atoms with E-state index in [1.165, 1.54) is 25.7 Å². The minimum absolute atomic E-state index is 0.00528. The van der Waals surface area contributed by atoms with Crippen molar-refractivity contribution in [3.63, 3.8) is 0 Å². The number of carbonyl (C=O) groups excluding carboxylic acids is 1. The third kappa shape index (κ3) is 3.32. The Morgan fingerprint density at radius 1 is 1.25 bits per heavy atom. The highest BCUT2D eigenvalue weighted by Crippen LogP contribution is 2.44. The second-order valence-corrected chi connectivity index (χ2v) is 7.01. The first-order valence-electron chi connectivity index (χ1n) is 8.79. The molecule has 126 valence electrons. The normalized spacial score (nSPS) is 20.6. The van der Waals surface area contributed by atoms with Gasteiger partial charge in [0, 0.05) is 37.6 Å². The van der Waals surface area contributed by atoms with Crippen molar-refractivity contribution in [2.24, 2.45) is 10.2 Å². The van der Waals surface area contributed by atoms with E-state index in [-0.39, 0.29) is 5.91 Å². The van der Waals surface area contributed by atoms with Gasteiger partial charge in [-0.05, 0) is 25.7 Å². The highest BCUT2D eigenvalue weighted by molar-refractivity contribution is 5.75. The molecule has 0 aromatic carbocycles. The molecule has 2 heterocycles. The number of hydrogen-bond donors (Lipinski definition) is 1. The van der Waals surface area contributed by atoms with E-state index in [0.29, 0.717) is 37.8 Å². The zero-order valence-corrected chi connectivity index (χ0v) is 13.7. The lowest BCUT2D eigenvalue weighted by molar-refractivity contribution is -0.121. The van der Waals surface area contributed by atoms with E-state index in [9.17, 15) is 4.79 Å². The average molecular weight is 326 g/mol. The third-order valence-electron chi connectivity index (χ3n) is 4.90. The maximum Gasteiger partial charge on any atom is 0.220 e. The molecule has 2 saturated carbocycles. The number of hydrogen-bond acceptors (Lipinski definition) is 5. The van der Waals surface area contributed by atoms with Crippen molar-refractivity contribution in [2.75, 3.05) is 0 Å². The van der Waals surface area contributed by atoms with E-state index in [0.717, 1.165) is 18.1 Å². The molecule has 7 nitrogen and oxygen atoms in total. The van der Waals surface area contributed by atoms with Gasteiger partial charge in [-0.15, -0.1) is 22.5 Å². The van der Waals surface area contributed by atoms with Crippen molar-refractivity contribution < 1.29 is 4.79 Å². The van der Waals surface area contributed by atoms with Crippen LogP contribution in [-0.2, 0) is 11.3 Å². The molecule has 0 bridgehead atoms. The molecule has 4 rings (SSSR count). The van der Waals surface area contributed by atoms with Crippen LogP contribution in [0.4, 0.5) is 0 Å². The van der Waals surface area contributed by atoms with Crippen molar-refractivity contribution in [3.05, 3.63) is 11.6 Å². The molecule has 0 spiro atoms. The third-order valence-corrected chi connectivity index (χ3v) is 4.90. The van der Waals surface area contributed by atoms with Gasteiger partial charge in [-0.25, -0.2) is 0 Å². The Morgan fingerprint density at radius 3 is 2.67 bits per heavy atom. The van der Waals surface area contributed by atoms with Crippen LogP contribution in [0.25, 0.3) is 0 Å². The zero-order valence-electron chi connectivity index (χ0n) is 13.7. The van der Waals surface area contributed by atoms with Gasteiger partial charge >= 0.3 is 0 Å². The molecule has 2 fully saturated rings. The maximum absolute atomic E-state index is 12.1. The first kappa shape index (κ1) is 15.3. The van der Waals surface area contributed by atoms with Crippen LogP contribution < -0.4 is 5.32 Å². The quantitative estimate of drug-likeness (QED) is 0.707. The summed E-state index contributed by atoms with van der Waals surface area (Å²) in [4.78, 5) is 12.1. The van der Waals surface area contributed by atoms with Crippen molar-refractivity contribution >= 4 is 5.91 Å². The average Bonchev–Trinajstić information content (AvgIpc) is 3.44. The summed E-state index contributed by atoms with van der Waals surface area (Å²) in [5.41, 5.74) is -0.392. The van der Waals surface area contributed by atoms with Gasteiger partial charge in [0.1, 0.15) is 5.82 Å². The number of carbonyl (C=O) groups is 1. The summed E-state index contributed by atoms with van der Waals surface area (Å²) in [6, 6.07) is 0.540. The Morgan fingerprint density at radius 2 is 2.04 bits per heavy atom. The molecule has 7 heteroatoms. The summed E-state index contributed by atoms with van der Waals surface area (Å²) in [5, 5.41) is 19.8. The molecule has 1 aliphatic heterocycles. The highest BCUT2D eigenvalue weighted by Gasteiger charge is 2.39. The highest BCUT2D eigenvalue weighted by atomic mass is 16.1. The molecular formula is C17H22N6O. The van der Waals surface area contributed by atoms with Crippen LogP contribution in [0.2, 0.25) is 0 Å². The largest absolute Gasteiger partial charge is 0.349 e. The van der Waals surface area contributed by atoms with Crippen LogP contribution in [0.1, 0.15) is 75.0 Å². The predicted octanol–water partition coefficient (Wildman–Crippen LogP) is 2.46. The molecule has 0 unspecified atom stereocenters. The van der Waals surface area contributed by atoms with Gasteiger partial charge in [-0.1, -0.05) is 0 Å². The van der Waals surface area contributed by atoms with E-state index >= 15 is 0 Å². The second kappa shape index (κ2) is 6.00. The monoisotopic (exact) mass is 326 g/mol. The molecule has 3 aliphatic rings. The lowest BCUT2D eigenvalue weighted by atomic mass is 10.0. The number of aromatic nitrogens is 3. The number of rotatable bonds is 9. The Balaban J connectivity index is 1.28. The van der Waals surface area contributed by atoms with Crippen LogP contribution in [-0.4, -0.2) is 26.3 Å². The molecule has 0 radical (unpaired) electrons. The number of amides is 1. The van der Waals surface area contributed by atoms with Crippen LogP contribution in [0.3, 0.4) is 0 Å². The van der Waals surface area contributed by atoms with Crippen LogP contribution >= 0.6 is 0 Å². The molecule has 1 N–H and O–H groups in total. The van der Waals surface area contributed by atoms with E-state index in [1.54, 1.807) is 0 Å². The van der Waals surface area contributed by atoms with Crippen LogP contribution in [0.5, 0.6) is 0 Å². The second-order valence-electron chi connectivity index (χ2n) is 7.01. The molecule has 24 heavy (non-hydrogen) atoms. The van der Waals surface area contributed by atoms with Gasteiger partial charge in [0.15, 0.2) is 11.5 Å². The fraction of sp³-hybridized carbons (Fsp3) is 0.706. The van der Waals surface area contributed by atoms with Gasteiger partial charge < -0.3 is 9.88 Å². The summed E-state index contributed by atoms with van der Waals surface area (Å²) in [6.45, 7) is 0.445. The van der Waals surface area contributed by atoms with Crippen molar-refractivity contribution in [1.82, 2.24) is 20.1 Å². The van der Waals surface area contributed by atoms with Crippen molar-refractivity contribution in [3.8, 4) is 12.3 Å². The smallest absolute Gasteiger partial charge is 0.220 e. The Labute approximate surface area is 141 Å². The Bertz CT molecular complexity index is 701. The maximum atomic E-state index is 12.1. The fourth-order valence-electron chi connectivity index (χ4n) is 3.06. The lowest BCUT2D eigenvalue weighted by Gasteiger charge is -2.11. The molecule has 1 aromatic rings. The van der Waals surface area contributed by atoms with E-state index in [1.807, 2.05) is 0 Å². The summed E-state index contributed by atoms with van der Waals surface area (Å²) < 4.78 is 2.26. The molecule has 2 aliphatic carbocycles. The minimum Gasteiger partial charge on any atom is -0.349 e. The Kier molecular flexibility index (Phi) is 3.83. The van der Waals surface area contributed by atoms with Crippen molar-refractivity contribution in [2.45, 2.75) is 75.5 Å². The molecular weight excluding hydrogens is 304 g/mol. The zero-order chi connectivity index (χ0) is 16.6. The number of nitrogens with zero attached hydrogens (tertiary/aromatic N) is 5. The first-order chi connectivity index (χ1) is 11.7. The van der Waals surface area contributed by atoms with Gasteiger partial charge in [0.2, 0.25) is 5.91 Å². The predicted molar refractivity (Wildman–Crippen MR) is 87.0 cm³/mol. The fourth-order valence-corrected chi connectivity index (χ4v) is 3.06. The summed E-state index contributed by atoms with van der Waals surface area (Å²) in [7, 11) is 0. The van der Waals surface area contributed by atoms with Crippen LogP contribution in [0.15, 0.2) is 10.2 Å². The van der Waals surface area contributed by atoms with Crippen molar-refractivity contribution in [1.29, 1.82) is 0 Å². The first-order valence-corrected chi connectivity index (χ1v) is 8.79. The molecule has 0 saturated heterocycles. The number of nitrogens with one attached hydrogen (secondary N) is 1. The topological polar surface area (TPSA) is 84.5 Å². The minimum atomic E-state index is -0.392. The number of terminal acetylenes is 1. The SMILES string of the molecule is C#CCCC1(CCC(=O)NCc2nnc(C3CC3)n2C2CC2)N=N1. The molecule has 1 amide bonds. The summed E-state index contributed by atoms with van der Waals surface area (Å²) in [6.07, 6.45) is 12.5. The van der Waals surface area contributed by atoms with Crippen LogP contribution in [0, 0.1) is 12.3 Å². The van der Waals surface area contributed by atoms with Gasteiger partial charge in [-0.3, -0.25) is 4.79 Å². The molecule has 1 aromatic heterocycles. The Hall–Kier alpha value is -2.23. The van der Waals surface area contributed by atoms with Gasteiger partial charge in [0.25, 0.3) is 0 Å². The lowest BCUT2D eigenvalue weighted by Crippen LogP contribution is -2.26. The summed E-state index contributed by atoms with van der Waals surface area (Å²) in [5.74, 6) is 5.19. The van der Waals surface area contributed by atoms with E-state index < -0.39 is 5.66 Å². The van der Waals surface area contributed by atoms with E-state index in [2.05, 4.69) is 36.2 Å². The summed E-state index contributed by atoms with van der Waals surface area (Å²) >= 11 is 0. The standard InChI is InChI=1S/C17H22N6O/c1-2-3-9-17(21-22-17)10-8-15(24)18-11-14-19-20-16(12-4-5-12)23(14)13-6-7-13/h1,12-13H,3-11H2,(H,18,24).